The number of benzene rings is 3. The van der Waals surface area contributed by atoms with Gasteiger partial charge in [0.05, 0.1) is 10.9 Å². The van der Waals surface area contributed by atoms with Gasteiger partial charge in [0, 0.05) is 19.0 Å². The molecule has 0 radical (unpaired) electrons. The summed E-state index contributed by atoms with van der Waals surface area (Å²) in [6, 6.07) is 25.8. The first kappa shape index (κ1) is 19.2. The smallest absolute Gasteiger partial charge is 0.261 e. The zero-order chi connectivity index (χ0) is 21.4. The molecule has 0 fully saturated rings. The van der Waals surface area contributed by atoms with Crippen LogP contribution in [0.3, 0.4) is 0 Å². The van der Waals surface area contributed by atoms with E-state index in [0.717, 1.165) is 5.56 Å². The summed E-state index contributed by atoms with van der Waals surface area (Å²) in [6.07, 6.45) is 0. The van der Waals surface area contributed by atoms with Gasteiger partial charge in [-0.15, -0.1) is 0 Å². The molecule has 0 saturated heterocycles. The third kappa shape index (κ3) is 3.52. The second-order valence-corrected chi connectivity index (χ2v) is 8.00. The maximum absolute atomic E-state index is 13.3. The minimum Gasteiger partial charge on any atom is -0.336 e. The maximum atomic E-state index is 13.3. The number of nitrogens with zero attached hydrogens (tertiary/aromatic N) is 3. The number of carbonyl (C=O) groups excluding carboxylic acids is 1. The summed E-state index contributed by atoms with van der Waals surface area (Å²) in [7, 11) is 0. The van der Waals surface area contributed by atoms with Gasteiger partial charge in [-0.3, -0.25) is 14.2 Å². The lowest BCUT2D eigenvalue weighted by Gasteiger charge is -2.35. The number of rotatable bonds is 3. The van der Waals surface area contributed by atoms with Gasteiger partial charge in [0.15, 0.2) is 0 Å². The SMILES string of the molecule is Cc1nc2ccccc2c(=O)n1CC(=O)N1Cc2ccccc2[C@@H](c2ccccc2)C1. The summed E-state index contributed by atoms with van der Waals surface area (Å²) in [5.74, 6) is 0.592. The van der Waals surface area contributed by atoms with E-state index in [4.69, 9.17) is 0 Å². The van der Waals surface area contributed by atoms with Crippen molar-refractivity contribution in [3.8, 4) is 0 Å². The zero-order valence-electron chi connectivity index (χ0n) is 17.4. The molecule has 1 aliphatic rings. The van der Waals surface area contributed by atoms with E-state index in [1.54, 1.807) is 13.0 Å². The summed E-state index contributed by atoms with van der Waals surface area (Å²) in [5, 5.41) is 0.534. The van der Waals surface area contributed by atoms with Gasteiger partial charge < -0.3 is 4.90 Å². The molecule has 0 aliphatic carbocycles. The number of fused-ring (bicyclic) bond motifs is 2. The molecule has 1 aromatic heterocycles. The van der Waals surface area contributed by atoms with Crippen LogP contribution in [0.25, 0.3) is 10.9 Å². The predicted octanol–water partition coefficient (Wildman–Crippen LogP) is 3.88. The Kier molecular flexibility index (Phi) is 4.86. The Morgan fingerprint density at radius 1 is 0.968 bits per heavy atom. The summed E-state index contributed by atoms with van der Waals surface area (Å²) >= 11 is 0. The Balaban J connectivity index is 1.48. The molecule has 0 N–H and O–H groups in total. The first-order chi connectivity index (χ1) is 15.1. The van der Waals surface area contributed by atoms with Gasteiger partial charge in [0.2, 0.25) is 5.91 Å². The van der Waals surface area contributed by atoms with Crippen LogP contribution in [-0.4, -0.2) is 26.9 Å². The molecule has 154 valence electrons. The molecule has 1 aliphatic heterocycles. The second kappa shape index (κ2) is 7.84. The normalized spacial score (nSPS) is 15.6. The lowest BCUT2D eigenvalue weighted by atomic mass is 9.84. The van der Waals surface area contributed by atoms with Crippen LogP contribution in [0.15, 0.2) is 83.7 Å². The fourth-order valence-electron chi connectivity index (χ4n) is 4.47. The minimum absolute atomic E-state index is 0.00776. The van der Waals surface area contributed by atoms with Crippen LogP contribution in [0, 0.1) is 6.92 Å². The lowest BCUT2D eigenvalue weighted by Crippen LogP contribution is -2.42. The zero-order valence-corrected chi connectivity index (χ0v) is 17.4. The van der Waals surface area contributed by atoms with Gasteiger partial charge in [-0.05, 0) is 35.7 Å². The average molecular weight is 409 g/mol. The van der Waals surface area contributed by atoms with Gasteiger partial charge in [-0.25, -0.2) is 4.98 Å². The lowest BCUT2D eigenvalue weighted by molar-refractivity contribution is -0.133. The first-order valence-electron chi connectivity index (χ1n) is 10.5. The topological polar surface area (TPSA) is 55.2 Å². The van der Waals surface area contributed by atoms with E-state index >= 15 is 0 Å². The summed E-state index contributed by atoms with van der Waals surface area (Å²) in [5.41, 5.74) is 4.08. The first-order valence-corrected chi connectivity index (χ1v) is 10.5. The van der Waals surface area contributed by atoms with E-state index in [2.05, 4.69) is 35.3 Å². The second-order valence-electron chi connectivity index (χ2n) is 8.00. The highest BCUT2D eigenvalue weighted by Gasteiger charge is 2.29. The molecule has 31 heavy (non-hydrogen) atoms. The molecule has 1 atom stereocenters. The van der Waals surface area contributed by atoms with Crippen LogP contribution in [-0.2, 0) is 17.9 Å². The van der Waals surface area contributed by atoms with Crippen molar-refractivity contribution >= 4 is 16.8 Å². The highest BCUT2D eigenvalue weighted by atomic mass is 16.2. The molecule has 3 aromatic carbocycles. The molecule has 0 saturated carbocycles. The molecule has 5 nitrogen and oxygen atoms in total. The Bertz CT molecular complexity index is 1330. The monoisotopic (exact) mass is 409 g/mol. The van der Waals surface area contributed by atoms with E-state index in [-0.39, 0.29) is 23.9 Å². The van der Waals surface area contributed by atoms with E-state index in [9.17, 15) is 9.59 Å². The average Bonchev–Trinajstić information content (AvgIpc) is 2.81. The standard InChI is InChI=1S/C26H23N3O2/c1-18-27-24-14-8-7-13-22(24)26(31)29(18)17-25(30)28-15-20-11-5-6-12-21(20)23(16-28)19-9-3-2-4-10-19/h2-14,23H,15-17H2,1H3/t23-/m1/s1. The third-order valence-electron chi connectivity index (χ3n) is 6.10. The Morgan fingerprint density at radius 2 is 1.68 bits per heavy atom. The summed E-state index contributed by atoms with van der Waals surface area (Å²) in [4.78, 5) is 32.7. The highest BCUT2D eigenvalue weighted by Crippen LogP contribution is 2.33. The molecule has 5 heteroatoms. The number of aryl methyl sites for hydroxylation is 1. The van der Waals surface area contributed by atoms with Crippen LogP contribution >= 0.6 is 0 Å². The van der Waals surface area contributed by atoms with Crippen LogP contribution < -0.4 is 5.56 Å². The number of carbonyl (C=O) groups is 1. The molecule has 4 aromatic rings. The number of para-hydroxylation sites is 1. The van der Waals surface area contributed by atoms with E-state index < -0.39 is 0 Å². The molecule has 2 heterocycles. The fourth-order valence-corrected chi connectivity index (χ4v) is 4.47. The van der Waals surface area contributed by atoms with E-state index in [0.29, 0.717) is 29.8 Å². The van der Waals surface area contributed by atoms with Gasteiger partial charge >= 0.3 is 0 Å². The third-order valence-corrected chi connectivity index (χ3v) is 6.10. The highest BCUT2D eigenvalue weighted by molar-refractivity contribution is 5.79. The van der Waals surface area contributed by atoms with E-state index in [1.165, 1.54) is 15.7 Å². The largest absolute Gasteiger partial charge is 0.336 e. The Labute approximate surface area is 180 Å². The molecule has 0 unspecified atom stereocenters. The quantitative estimate of drug-likeness (QED) is 0.516. The van der Waals surface area contributed by atoms with Gasteiger partial charge in [-0.2, -0.15) is 0 Å². The Morgan fingerprint density at radius 3 is 2.52 bits per heavy atom. The number of hydrogen-bond donors (Lipinski definition) is 0. The fraction of sp³-hybridized carbons (Fsp3) is 0.192. The molecular weight excluding hydrogens is 386 g/mol. The van der Waals surface area contributed by atoms with Crippen molar-refractivity contribution in [2.45, 2.75) is 25.9 Å². The van der Waals surface area contributed by atoms with Crippen molar-refractivity contribution in [2.75, 3.05) is 6.54 Å². The van der Waals surface area contributed by atoms with Gasteiger partial charge in [-0.1, -0.05) is 66.7 Å². The van der Waals surface area contributed by atoms with Crippen LogP contribution in [0.5, 0.6) is 0 Å². The van der Waals surface area contributed by atoms with Crippen molar-refractivity contribution in [3.63, 3.8) is 0 Å². The van der Waals surface area contributed by atoms with Crippen LogP contribution in [0.2, 0.25) is 0 Å². The van der Waals surface area contributed by atoms with Crippen LogP contribution in [0.4, 0.5) is 0 Å². The van der Waals surface area contributed by atoms with Crippen molar-refractivity contribution < 1.29 is 4.79 Å². The van der Waals surface area contributed by atoms with Crippen LogP contribution in [0.1, 0.15) is 28.4 Å². The predicted molar refractivity (Wildman–Crippen MR) is 121 cm³/mol. The molecular formula is C26H23N3O2. The van der Waals surface area contributed by atoms with Gasteiger partial charge in [0.25, 0.3) is 5.56 Å². The molecule has 0 spiro atoms. The summed E-state index contributed by atoms with van der Waals surface area (Å²) in [6.45, 7) is 2.91. The van der Waals surface area contributed by atoms with E-state index in [1.807, 2.05) is 47.4 Å². The summed E-state index contributed by atoms with van der Waals surface area (Å²) < 4.78 is 1.49. The number of hydrogen-bond acceptors (Lipinski definition) is 3. The van der Waals surface area contributed by atoms with Crippen molar-refractivity contribution in [1.82, 2.24) is 14.5 Å². The van der Waals surface area contributed by atoms with Crippen molar-refractivity contribution in [2.24, 2.45) is 0 Å². The maximum Gasteiger partial charge on any atom is 0.261 e. The molecule has 0 bridgehead atoms. The number of amides is 1. The Hall–Kier alpha value is -3.73. The number of aromatic nitrogens is 2. The van der Waals surface area contributed by atoms with Crippen molar-refractivity contribution in [3.05, 3.63) is 112 Å². The van der Waals surface area contributed by atoms with Crippen molar-refractivity contribution in [1.29, 1.82) is 0 Å². The molecule has 1 amide bonds. The van der Waals surface area contributed by atoms with Gasteiger partial charge in [0.1, 0.15) is 12.4 Å². The molecule has 5 rings (SSSR count). The minimum atomic E-state index is -0.173.